The first kappa shape index (κ1) is 15.4. The van der Waals surface area contributed by atoms with Gasteiger partial charge >= 0.3 is 0 Å². The number of benzene rings is 2. The van der Waals surface area contributed by atoms with E-state index in [-0.39, 0.29) is 5.91 Å². The number of nitrogens with one attached hydrogen (secondary N) is 1. The molecular weight excluding hydrogens is 310 g/mol. The highest BCUT2D eigenvalue weighted by Gasteiger charge is 2.19. The van der Waals surface area contributed by atoms with E-state index in [1.807, 2.05) is 79.0 Å². The molecule has 0 unspecified atom stereocenters. The second kappa shape index (κ2) is 6.06. The quantitative estimate of drug-likeness (QED) is 0.596. The summed E-state index contributed by atoms with van der Waals surface area (Å²) < 4.78 is 1.88. The fraction of sp³-hybridized carbons (Fsp3) is 0.143. The van der Waals surface area contributed by atoms with Crippen LogP contribution < -0.4 is 5.32 Å². The van der Waals surface area contributed by atoms with Crippen LogP contribution in [0.2, 0.25) is 0 Å². The molecule has 4 heteroatoms. The number of anilines is 1. The molecule has 25 heavy (non-hydrogen) atoms. The predicted molar refractivity (Wildman–Crippen MR) is 101 cm³/mol. The monoisotopic (exact) mass is 329 g/mol. The molecule has 1 N–H and O–H groups in total. The average molecular weight is 329 g/mol. The maximum absolute atomic E-state index is 13.1. The molecule has 0 spiro atoms. The lowest BCUT2D eigenvalue weighted by Crippen LogP contribution is -2.16. The van der Waals surface area contributed by atoms with Crippen molar-refractivity contribution in [3.05, 3.63) is 77.7 Å². The van der Waals surface area contributed by atoms with Crippen LogP contribution in [0.15, 0.2) is 60.8 Å². The molecule has 4 rings (SSSR count). The van der Waals surface area contributed by atoms with Gasteiger partial charge in [-0.25, -0.2) is 4.98 Å². The molecule has 4 aromatic rings. The van der Waals surface area contributed by atoms with Gasteiger partial charge < -0.3 is 5.32 Å². The van der Waals surface area contributed by atoms with Gasteiger partial charge in [0.1, 0.15) is 11.3 Å². The Balaban J connectivity index is 1.81. The molecule has 0 saturated carbocycles. The molecule has 2 aromatic carbocycles. The molecule has 124 valence electrons. The molecule has 2 heterocycles. The molecule has 0 fully saturated rings. The standard InChI is InChI=1S/C21H19N3O/c1-3-17-20(24-13-14(2)11-12-19(24)22-17)21(25)23-18-10-6-8-15-7-4-5-9-16(15)18/h4-13H,3H2,1-2H3,(H,23,25). The van der Waals surface area contributed by atoms with Crippen LogP contribution in [0, 0.1) is 6.92 Å². The maximum Gasteiger partial charge on any atom is 0.274 e. The number of aryl methyl sites for hydroxylation is 2. The van der Waals surface area contributed by atoms with E-state index in [4.69, 9.17) is 0 Å². The number of rotatable bonds is 3. The zero-order chi connectivity index (χ0) is 17.4. The van der Waals surface area contributed by atoms with Crippen molar-refractivity contribution >= 4 is 28.0 Å². The molecule has 0 aliphatic carbocycles. The number of hydrogen-bond acceptors (Lipinski definition) is 2. The van der Waals surface area contributed by atoms with Crippen molar-refractivity contribution in [1.29, 1.82) is 0 Å². The normalized spacial score (nSPS) is 11.1. The molecule has 0 aliphatic rings. The Morgan fingerprint density at radius 3 is 2.72 bits per heavy atom. The molecule has 2 aromatic heterocycles. The second-order valence-corrected chi connectivity index (χ2v) is 6.18. The predicted octanol–water partition coefficient (Wildman–Crippen LogP) is 4.61. The molecular formula is C21H19N3O. The number of amides is 1. The Morgan fingerprint density at radius 2 is 1.88 bits per heavy atom. The van der Waals surface area contributed by atoms with Gasteiger partial charge in [-0.15, -0.1) is 0 Å². The van der Waals surface area contributed by atoms with E-state index in [2.05, 4.69) is 10.3 Å². The summed E-state index contributed by atoms with van der Waals surface area (Å²) in [4.78, 5) is 17.7. The van der Waals surface area contributed by atoms with Crippen molar-refractivity contribution < 1.29 is 4.79 Å². The lowest BCUT2D eigenvalue weighted by Gasteiger charge is -2.10. The zero-order valence-corrected chi connectivity index (χ0v) is 14.3. The number of fused-ring (bicyclic) bond motifs is 2. The fourth-order valence-electron chi connectivity index (χ4n) is 3.20. The summed E-state index contributed by atoms with van der Waals surface area (Å²) >= 11 is 0. The first-order chi connectivity index (χ1) is 12.2. The summed E-state index contributed by atoms with van der Waals surface area (Å²) in [6.45, 7) is 4.03. The summed E-state index contributed by atoms with van der Waals surface area (Å²) in [6.07, 6.45) is 2.67. The molecule has 0 bridgehead atoms. The average Bonchev–Trinajstić information content (AvgIpc) is 3.00. The number of pyridine rings is 1. The van der Waals surface area contributed by atoms with Gasteiger partial charge in [0.05, 0.1) is 5.69 Å². The third-order valence-corrected chi connectivity index (χ3v) is 4.43. The van der Waals surface area contributed by atoms with E-state index in [0.29, 0.717) is 12.1 Å². The topological polar surface area (TPSA) is 46.4 Å². The van der Waals surface area contributed by atoms with Crippen molar-refractivity contribution in [3.8, 4) is 0 Å². The van der Waals surface area contributed by atoms with Crippen molar-refractivity contribution in [2.75, 3.05) is 5.32 Å². The number of nitrogens with zero attached hydrogens (tertiary/aromatic N) is 2. The van der Waals surface area contributed by atoms with E-state index >= 15 is 0 Å². The summed E-state index contributed by atoms with van der Waals surface area (Å²) in [5, 5.41) is 5.20. The molecule has 0 saturated heterocycles. The molecule has 1 amide bonds. The van der Waals surface area contributed by atoms with Crippen LogP contribution >= 0.6 is 0 Å². The minimum absolute atomic E-state index is 0.133. The minimum Gasteiger partial charge on any atom is -0.320 e. The Kier molecular flexibility index (Phi) is 3.73. The highest BCUT2D eigenvalue weighted by Crippen LogP contribution is 2.24. The molecule has 0 radical (unpaired) electrons. The van der Waals surface area contributed by atoms with E-state index in [0.717, 1.165) is 33.4 Å². The van der Waals surface area contributed by atoms with Gasteiger partial charge in [-0.2, -0.15) is 0 Å². The van der Waals surface area contributed by atoms with Crippen molar-refractivity contribution in [2.45, 2.75) is 20.3 Å². The third-order valence-electron chi connectivity index (χ3n) is 4.43. The van der Waals surface area contributed by atoms with Crippen LogP contribution in [-0.4, -0.2) is 15.3 Å². The summed E-state index contributed by atoms with van der Waals surface area (Å²) in [6, 6.07) is 17.9. The van der Waals surface area contributed by atoms with Crippen LogP contribution in [0.25, 0.3) is 16.4 Å². The van der Waals surface area contributed by atoms with Crippen molar-refractivity contribution in [3.63, 3.8) is 0 Å². The highest BCUT2D eigenvalue weighted by molar-refractivity contribution is 6.09. The van der Waals surface area contributed by atoms with Gasteiger partial charge in [-0.1, -0.05) is 49.4 Å². The first-order valence-electron chi connectivity index (χ1n) is 8.44. The summed E-state index contributed by atoms with van der Waals surface area (Å²) in [5.41, 5.74) is 4.11. The van der Waals surface area contributed by atoms with E-state index in [1.165, 1.54) is 0 Å². The smallest absolute Gasteiger partial charge is 0.274 e. The lowest BCUT2D eigenvalue weighted by atomic mass is 10.1. The van der Waals surface area contributed by atoms with Crippen LogP contribution in [-0.2, 0) is 6.42 Å². The van der Waals surface area contributed by atoms with E-state index in [9.17, 15) is 4.79 Å². The van der Waals surface area contributed by atoms with Crippen LogP contribution in [0.4, 0.5) is 5.69 Å². The van der Waals surface area contributed by atoms with Gasteiger partial charge in [0.25, 0.3) is 5.91 Å². The van der Waals surface area contributed by atoms with Crippen molar-refractivity contribution in [2.24, 2.45) is 0 Å². The Bertz CT molecular complexity index is 1090. The Morgan fingerprint density at radius 1 is 1.08 bits per heavy atom. The molecule has 0 aliphatic heterocycles. The van der Waals surface area contributed by atoms with Crippen LogP contribution in [0.1, 0.15) is 28.7 Å². The van der Waals surface area contributed by atoms with E-state index < -0.39 is 0 Å². The minimum atomic E-state index is -0.133. The first-order valence-corrected chi connectivity index (χ1v) is 8.44. The number of carbonyl (C=O) groups is 1. The molecule has 0 atom stereocenters. The van der Waals surface area contributed by atoms with Gasteiger partial charge in [0, 0.05) is 17.3 Å². The fourth-order valence-corrected chi connectivity index (χ4v) is 3.20. The SMILES string of the molecule is CCc1nc2ccc(C)cn2c1C(=O)Nc1cccc2ccccc12. The van der Waals surface area contributed by atoms with Gasteiger partial charge in [-0.05, 0) is 36.4 Å². The lowest BCUT2D eigenvalue weighted by molar-refractivity contribution is 0.102. The number of aromatic nitrogens is 2. The summed E-state index contributed by atoms with van der Waals surface area (Å²) in [7, 11) is 0. The number of carbonyl (C=O) groups excluding carboxylic acids is 1. The second-order valence-electron chi connectivity index (χ2n) is 6.18. The van der Waals surface area contributed by atoms with Crippen LogP contribution in [0.5, 0.6) is 0 Å². The van der Waals surface area contributed by atoms with Crippen LogP contribution in [0.3, 0.4) is 0 Å². The van der Waals surface area contributed by atoms with Gasteiger partial charge in [0.15, 0.2) is 0 Å². The Labute approximate surface area is 146 Å². The van der Waals surface area contributed by atoms with E-state index in [1.54, 1.807) is 0 Å². The summed E-state index contributed by atoms with van der Waals surface area (Å²) in [5.74, 6) is -0.133. The highest BCUT2D eigenvalue weighted by atomic mass is 16.2. The van der Waals surface area contributed by atoms with Crippen molar-refractivity contribution in [1.82, 2.24) is 9.38 Å². The molecule has 4 nitrogen and oxygen atoms in total. The number of imidazole rings is 1. The number of hydrogen-bond donors (Lipinski definition) is 1. The van der Waals surface area contributed by atoms with Gasteiger partial charge in [-0.3, -0.25) is 9.20 Å². The third kappa shape index (κ3) is 2.66. The Hall–Kier alpha value is -3.14. The maximum atomic E-state index is 13.1. The van der Waals surface area contributed by atoms with Gasteiger partial charge in [0.2, 0.25) is 0 Å². The zero-order valence-electron chi connectivity index (χ0n) is 14.3. The largest absolute Gasteiger partial charge is 0.320 e.